The highest BCUT2D eigenvalue weighted by Crippen LogP contribution is 2.32. The Morgan fingerprint density at radius 1 is 1.39 bits per heavy atom. The first-order chi connectivity index (χ1) is 10.1. The molecule has 0 spiro atoms. The Balaban J connectivity index is 0.00000484. The van der Waals surface area contributed by atoms with Crippen LogP contribution in [0.15, 0.2) is 17.0 Å². The molecule has 0 fully saturated rings. The maximum Gasteiger partial charge on any atom is 0.289 e. The molecule has 0 amide bonds. The summed E-state index contributed by atoms with van der Waals surface area (Å²) in [5.41, 5.74) is 5.58. The van der Waals surface area contributed by atoms with Crippen LogP contribution in [-0.2, 0) is 10.0 Å². The van der Waals surface area contributed by atoms with E-state index in [4.69, 9.17) is 17.3 Å². The molecular weight excluding hydrogens is 365 g/mol. The van der Waals surface area contributed by atoms with E-state index in [2.05, 4.69) is 4.72 Å². The van der Waals surface area contributed by atoms with Crippen molar-refractivity contribution in [3.8, 4) is 0 Å². The van der Waals surface area contributed by atoms with E-state index in [1.807, 2.05) is 13.8 Å². The number of hydrogen-bond donors (Lipinski definition) is 2. The second-order valence-corrected chi connectivity index (χ2v) is 7.60. The number of nitro benzene ring substituents is 1. The molecule has 0 heterocycles. The molecule has 1 atom stereocenters. The Morgan fingerprint density at radius 3 is 2.39 bits per heavy atom. The highest BCUT2D eigenvalue weighted by atomic mass is 35.5. The molecule has 1 rings (SSSR count). The molecule has 7 nitrogen and oxygen atoms in total. The lowest BCUT2D eigenvalue weighted by molar-refractivity contribution is -0.385. The van der Waals surface area contributed by atoms with E-state index < -0.39 is 31.7 Å². The molecule has 23 heavy (non-hydrogen) atoms. The molecule has 1 aromatic carbocycles. The van der Waals surface area contributed by atoms with Gasteiger partial charge in [0.05, 0.1) is 4.92 Å². The fourth-order valence-electron chi connectivity index (χ4n) is 2.09. The number of halogens is 2. The summed E-state index contributed by atoms with van der Waals surface area (Å²) in [5, 5.41) is 10.6. The van der Waals surface area contributed by atoms with Gasteiger partial charge < -0.3 is 5.73 Å². The van der Waals surface area contributed by atoms with Crippen molar-refractivity contribution in [1.29, 1.82) is 0 Å². The van der Waals surface area contributed by atoms with Crippen LogP contribution >= 0.6 is 24.0 Å². The van der Waals surface area contributed by atoms with Crippen LogP contribution in [0, 0.1) is 23.0 Å². The summed E-state index contributed by atoms with van der Waals surface area (Å²) in [6.07, 6.45) is 0.557. The van der Waals surface area contributed by atoms with Gasteiger partial charge in [0.15, 0.2) is 0 Å². The zero-order valence-corrected chi connectivity index (χ0v) is 15.5. The van der Waals surface area contributed by atoms with E-state index in [0.717, 1.165) is 0 Å². The maximum atomic E-state index is 12.5. The van der Waals surface area contributed by atoms with Crippen molar-refractivity contribution in [3.05, 3.63) is 32.8 Å². The number of nitrogens with two attached hydrogens (primary N) is 1. The van der Waals surface area contributed by atoms with Crippen LogP contribution < -0.4 is 10.5 Å². The Hall–Kier alpha value is -0.930. The molecule has 10 heteroatoms. The summed E-state index contributed by atoms with van der Waals surface area (Å²) in [7, 11) is -3.99. The van der Waals surface area contributed by atoms with Crippen molar-refractivity contribution in [2.75, 3.05) is 6.54 Å². The Morgan fingerprint density at radius 2 is 1.96 bits per heavy atom. The zero-order valence-electron chi connectivity index (χ0n) is 13.1. The van der Waals surface area contributed by atoms with E-state index in [-0.39, 0.29) is 29.8 Å². The number of sulfonamides is 1. The van der Waals surface area contributed by atoms with Crippen molar-refractivity contribution >= 4 is 39.7 Å². The molecule has 132 valence electrons. The molecule has 0 bridgehead atoms. The van der Waals surface area contributed by atoms with E-state index in [9.17, 15) is 18.5 Å². The van der Waals surface area contributed by atoms with Crippen molar-refractivity contribution < 1.29 is 13.3 Å². The predicted octanol–water partition coefficient (Wildman–Crippen LogP) is 2.63. The smallest absolute Gasteiger partial charge is 0.289 e. The van der Waals surface area contributed by atoms with Gasteiger partial charge in [0.2, 0.25) is 10.0 Å². The van der Waals surface area contributed by atoms with Crippen LogP contribution in [0.2, 0.25) is 5.02 Å². The largest absolute Gasteiger partial charge is 0.329 e. The molecular formula is C13H21Cl2N3O4S. The minimum absolute atomic E-state index is 0. The molecule has 0 radical (unpaired) electrons. The molecule has 0 saturated carbocycles. The number of benzene rings is 1. The number of nitro groups is 1. The SMILES string of the molecule is Cc1cc([N+](=O)[O-])c(Cl)c(S(=O)(=O)NC(CN)CC(C)C)c1.Cl. The van der Waals surface area contributed by atoms with E-state index in [1.54, 1.807) is 6.92 Å². The molecule has 1 aromatic rings. The van der Waals surface area contributed by atoms with Gasteiger partial charge in [-0.2, -0.15) is 0 Å². The van der Waals surface area contributed by atoms with Gasteiger partial charge in [0.1, 0.15) is 9.92 Å². The Bertz CT molecular complexity index is 665. The summed E-state index contributed by atoms with van der Waals surface area (Å²) in [6.45, 7) is 5.59. The number of hydrogen-bond acceptors (Lipinski definition) is 5. The molecule has 0 aliphatic rings. The third kappa shape index (κ3) is 5.89. The van der Waals surface area contributed by atoms with E-state index >= 15 is 0 Å². The van der Waals surface area contributed by atoms with Crippen LogP contribution in [0.25, 0.3) is 0 Å². The average molecular weight is 386 g/mol. The highest BCUT2D eigenvalue weighted by Gasteiger charge is 2.27. The van der Waals surface area contributed by atoms with Crippen LogP contribution in [-0.4, -0.2) is 25.9 Å². The Labute approximate surface area is 147 Å². The minimum Gasteiger partial charge on any atom is -0.329 e. The summed E-state index contributed by atoms with van der Waals surface area (Å²) in [6, 6.07) is 2.08. The average Bonchev–Trinajstić information content (AvgIpc) is 2.38. The fourth-order valence-corrected chi connectivity index (χ4v) is 4.01. The van der Waals surface area contributed by atoms with Crippen molar-refractivity contribution in [2.45, 2.75) is 38.1 Å². The maximum absolute atomic E-state index is 12.5. The number of nitrogens with zero attached hydrogens (tertiary/aromatic N) is 1. The van der Waals surface area contributed by atoms with Gasteiger partial charge in [-0.3, -0.25) is 10.1 Å². The second kappa shape index (κ2) is 8.79. The van der Waals surface area contributed by atoms with Gasteiger partial charge in [-0.15, -0.1) is 12.4 Å². The number of aryl methyl sites for hydroxylation is 1. The lowest BCUT2D eigenvalue weighted by Gasteiger charge is -2.19. The third-order valence-electron chi connectivity index (χ3n) is 3.01. The third-order valence-corrected chi connectivity index (χ3v) is 5.07. The first-order valence-electron chi connectivity index (χ1n) is 6.75. The fraction of sp³-hybridized carbons (Fsp3) is 0.538. The monoisotopic (exact) mass is 385 g/mol. The summed E-state index contributed by atoms with van der Waals surface area (Å²) in [5.74, 6) is 0.249. The predicted molar refractivity (Wildman–Crippen MR) is 92.7 cm³/mol. The molecule has 1 unspecified atom stereocenters. The molecule has 0 saturated heterocycles. The second-order valence-electron chi connectivity index (χ2n) is 5.54. The van der Waals surface area contributed by atoms with Gasteiger partial charge in [0.25, 0.3) is 5.69 Å². The first-order valence-corrected chi connectivity index (χ1v) is 8.61. The Kier molecular flexibility index (Phi) is 8.44. The quantitative estimate of drug-likeness (QED) is 0.552. The molecule has 0 aliphatic heterocycles. The topological polar surface area (TPSA) is 115 Å². The van der Waals surface area contributed by atoms with Gasteiger partial charge in [0, 0.05) is 18.7 Å². The van der Waals surface area contributed by atoms with Crippen molar-refractivity contribution in [2.24, 2.45) is 11.7 Å². The lowest BCUT2D eigenvalue weighted by atomic mass is 10.1. The summed E-state index contributed by atoms with van der Waals surface area (Å²) < 4.78 is 27.4. The number of rotatable bonds is 7. The van der Waals surface area contributed by atoms with Crippen molar-refractivity contribution in [3.63, 3.8) is 0 Å². The number of nitrogens with one attached hydrogen (secondary N) is 1. The van der Waals surface area contributed by atoms with Gasteiger partial charge in [-0.1, -0.05) is 25.4 Å². The zero-order chi connectivity index (χ0) is 17.1. The summed E-state index contributed by atoms with van der Waals surface area (Å²) in [4.78, 5) is 9.95. The minimum atomic E-state index is -3.99. The highest BCUT2D eigenvalue weighted by molar-refractivity contribution is 7.89. The molecule has 0 aliphatic carbocycles. The van der Waals surface area contributed by atoms with E-state index in [1.165, 1.54) is 12.1 Å². The van der Waals surface area contributed by atoms with Crippen molar-refractivity contribution in [1.82, 2.24) is 4.72 Å². The van der Waals surface area contributed by atoms with Crippen LogP contribution in [0.4, 0.5) is 5.69 Å². The van der Waals surface area contributed by atoms with Crippen LogP contribution in [0.3, 0.4) is 0 Å². The van der Waals surface area contributed by atoms with Gasteiger partial charge >= 0.3 is 0 Å². The standard InChI is InChI=1S/C13H20ClN3O4S.ClH/c1-8(2)4-10(7-15)16-22(20,21)12-6-9(3)5-11(13(12)14)17(18)19;/h5-6,8,10,16H,4,7,15H2,1-3H3;1H. The first kappa shape index (κ1) is 22.1. The van der Waals surface area contributed by atoms with Crippen LogP contribution in [0.1, 0.15) is 25.8 Å². The lowest BCUT2D eigenvalue weighted by Crippen LogP contribution is -2.41. The van der Waals surface area contributed by atoms with Gasteiger partial charge in [-0.05, 0) is 30.9 Å². The summed E-state index contributed by atoms with van der Waals surface area (Å²) >= 11 is 5.90. The normalized spacial score (nSPS) is 12.8. The molecule has 3 N–H and O–H groups in total. The molecule has 0 aromatic heterocycles. The van der Waals surface area contributed by atoms with Gasteiger partial charge in [-0.25, -0.2) is 13.1 Å². The van der Waals surface area contributed by atoms with Crippen LogP contribution in [0.5, 0.6) is 0 Å². The van der Waals surface area contributed by atoms with E-state index in [0.29, 0.717) is 12.0 Å².